The highest BCUT2D eigenvalue weighted by atomic mass is 19.1. The average molecular weight is 319 g/mol. The van der Waals surface area contributed by atoms with E-state index in [1.807, 2.05) is 0 Å². The summed E-state index contributed by atoms with van der Waals surface area (Å²) < 4.78 is 18.5. The molecular weight excluding hydrogens is 305 g/mol. The summed E-state index contributed by atoms with van der Waals surface area (Å²) in [6.45, 7) is -0.00687. The van der Waals surface area contributed by atoms with E-state index in [0.717, 1.165) is 0 Å². The van der Waals surface area contributed by atoms with E-state index in [9.17, 15) is 19.3 Å². The lowest BCUT2D eigenvalue weighted by Crippen LogP contribution is -2.02. The van der Waals surface area contributed by atoms with Gasteiger partial charge in [0.25, 0.3) is 0 Å². The molecule has 1 N–H and O–H groups in total. The lowest BCUT2D eigenvalue weighted by molar-refractivity contribution is -0.386. The Hall–Kier alpha value is -2.96. The van der Waals surface area contributed by atoms with Crippen LogP contribution in [0.5, 0.6) is 5.75 Å². The van der Waals surface area contributed by atoms with Crippen LogP contribution < -0.4 is 4.74 Å². The third-order valence-corrected chi connectivity index (χ3v) is 3.13. The molecule has 0 fully saturated rings. The van der Waals surface area contributed by atoms with Gasteiger partial charge >= 0.3 is 11.7 Å². The molecule has 2 rings (SSSR count). The Kier molecular flexibility index (Phi) is 5.24. The van der Waals surface area contributed by atoms with Crippen LogP contribution in [-0.2, 0) is 17.8 Å². The summed E-state index contributed by atoms with van der Waals surface area (Å²) in [4.78, 5) is 21.1. The fraction of sp³-hybridized carbons (Fsp3) is 0.188. The predicted molar refractivity (Wildman–Crippen MR) is 79.8 cm³/mol. The van der Waals surface area contributed by atoms with E-state index in [0.29, 0.717) is 11.1 Å². The summed E-state index contributed by atoms with van der Waals surface area (Å²) in [5.41, 5.74) is 0.843. The molecule has 0 unspecified atom stereocenters. The third kappa shape index (κ3) is 4.77. The minimum absolute atomic E-state index is 0.00687. The first kappa shape index (κ1) is 16.4. The van der Waals surface area contributed by atoms with Gasteiger partial charge in [0, 0.05) is 12.5 Å². The van der Waals surface area contributed by atoms with Crippen molar-refractivity contribution < 1.29 is 24.0 Å². The van der Waals surface area contributed by atoms with E-state index in [1.165, 1.54) is 30.3 Å². The summed E-state index contributed by atoms with van der Waals surface area (Å²) in [6.07, 6.45) is 0.0843. The molecule has 6 nitrogen and oxygen atoms in total. The summed E-state index contributed by atoms with van der Waals surface area (Å²) >= 11 is 0. The van der Waals surface area contributed by atoms with Crippen molar-refractivity contribution in [2.75, 3.05) is 0 Å². The van der Waals surface area contributed by atoms with Crippen molar-refractivity contribution in [2.24, 2.45) is 0 Å². The van der Waals surface area contributed by atoms with Crippen LogP contribution in [0.4, 0.5) is 10.1 Å². The average Bonchev–Trinajstić information content (AvgIpc) is 2.51. The molecule has 120 valence electrons. The second-order valence-corrected chi connectivity index (χ2v) is 4.87. The van der Waals surface area contributed by atoms with Gasteiger partial charge in [-0.15, -0.1) is 0 Å². The van der Waals surface area contributed by atoms with Crippen LogP contribution in [-0.4, -0.2) is 16.0 Å². The quantitative estimate of drug-likeness (QED) is 0.624. The van der Waals surface area contributed by atoms with Crippen LogP contribution in [0.1, 0.15) is 17.5 Å². The van der Waals surface area contributed by atoms with Gasteiger partial charge in [0.15, 0.2) is 5.75 Å². The molecule has 2 aromatic carbocycles. The van der Waals surface area contributed by atoms with Crippen molar-refractivity contribution in [3.05, 3.63) is 69.5 Å². The lowest BCUT2D eigenvalue weighted by atomic mass is 10.1. The summed E-state index contributed by atoms with van der Waals surface area (Å²) in [6, 6.07) is 10.1. The fourth-order valence-electron chi connectivity index (χ4n) is 2.02. The highest BCUT2D eigenvalue weighted by Crippen LogP contribution is 2.29. The number of ether oxygens (including phenoxy) is 1. The van der Waals surface area contributed by atoms with Crippen LogP contribution in [0.3, 0.4) is 0 Å². The Bertz CT molecular complexity index is 732. The van der Waals surface area contributed by atoms with Crippen molar-refractivity contribution in [1.82, 2.24) is 0 Å². The largest absolute Gasteiger partial charge is 0.482 e. The minimum atomic E-state index is -0.973. The highest BCUT2D eigenvalue weighted by molar-refractivity contribution is 5.67. The molecule has 7 heteroatoms. The number of aliphatic carboxylic acids is 1. The first-order valence-electron chi connectivity index (χ1n) is 6.82. The molecule has 0 aliphatic heterocycles. The van der Waals surface area contributed by atoms with Crippen LogP contribution in [0, 0.1) is 15.9 Å². The lowest BCUT2D eigenvalue weighted by Gasteiger charge is -2.08. The molecule has 0 atom stereocenters. The molecule has 2 aromatic rings. The number of carboxylic acid groups (broad SMARTS) is 1. The molecule has 0 aliphatic carbocycles. The maximum atomic E-state index is 13.1. The number of halogens is 1. The third-order valence-electron chi connectivity index (χ3n) is 3.13. The zero-order valence-electron chi connectivity index (χ0n) is 12.1. The SMILES string of the molecule is O=C(O)CCc1ccc(OCc2cccc(F)c2)c([N+](=O)[O-])c1. The number of aryl methyl sites for hydroxylation is 1. The number of hydrogen-bond donors (Lipinski definition) is 1. The van der Waals surface area contributed by atoms with Gasteiger partial charge < -0.3 is 9.84 Å². The van der Waals surface area contributed by atoms with Crippen molar-refractivity contribution in [3.63, 3.8) is 0 Å². The van der Waals surface area contributed by atoms with Crippen molar-refractivity contribution in [2.45, 2.75) is 19.4 Å². The van der Waals surface area contributed by atoms with Crippen LogP contribution in [0.2, 0.25) is 0 Å². The van der Waals surface area contributed by atoms with Gasteiger partial charge in [0.1, 0.15) is 12.4 Å². The number of nitrogens with zero attached hydrogens (tertiary/aromatic N) is 1. The number of nitro groups is 1. The molecule has 0 aromatic heterocycles. The molecule has 0 amide bonds. The Morgan fingerprint density at radius 1 is 1.22 bits per heavy atom. The van der Waals surface area contributed by atoms with Gasteiger partial charge in [-0.05, 0) is 35.7 Å². The van der Waals surface area contributed by atoms with Crippen molar-refractivity contribution in [3.8, 4) is 5.75 Å². The zero-order chi connectivity index (χ0) is 16.8. The van der Waals surface area contributed by atoms with E-state index in [-0.39, 0.29) is 30.9 Å². The Labute approximate surface area is 131 Å². The van der Waals surface area contributed by atoms with E-state index in [2.05, 4.69) is 0 Å². The van der Waals surface area contributed by atoms with Gasteiger partial charge in [-0.3, -0.25) is 14.9 Å². The number of hydrogen-bond acceptors (Lipinski definition) is 4. The first-order valence-corrected chi connectivity index (χ1v) is 6.82. The molecule has 0 radical (unpaired) electrons. The Morgan fingerprint density at radius 3 is 2.65 bits per heavy atom. The van der Waals surface area contributed by atoms with E-state index in [4.69, 9.17) is 9.84 Å². The Morgan fingerprint density at radius 2 is 2.00 bits per heavy atom. The maximum Gasteiger partial charge on any atom is 0.311 e. The topological polar surface area (TPSA) is 89.7 Å². The number of carbonyl (C=O) groups is 1. The van der Waals surface area contributed by atoms with Gasteiger partial charge in [-0.2, -0.15) is 0 Å². The standard InChI is InChI=1S/C16H14FNO5/c17-13-3-1-2-12(8-13)10-23-15-6-4-11(5-7-16(19)20)9-14(15)18(21)22/h1-4,6,8-9H,5,7,10H2,(H,19,20). The summed E-state index contributed by atoms with van der Waals surface area (Å²) in [5.74, 6) is -1.33. The molecule has 0 saturated heterocycles. The summed E-state index contributed by atoms with van der Waals surface area (Å²) in [7, 11) is 0. The van der Waals surface area contributed by atoms with Gasteiger partial charge in [-0.25, -0.2) is 4.39 Å². The van der Waals surface area contributed by atoms with Gasteiger partial charge in [-0.1, -0.05) is 18.2 Å². The van der Waals surface area contributed by atoms with E-state index in [1.54, 1.807) is 12.1 Å². The van der Waals surface area contributed by atoms with E-state index >= 15 is 0 Å². The van der Waals surface area contributed by atoms with Crippen LogP contribution in [0.15, 0.2) is 42.5 Å². The Balaban J connectivity index is 2.14. The number of rotatable bonds is 7. The van der Waals surface area contributed by atoms with Crippen LogP contribution >= 0.6 is 0 Å². The molecule has 0 heterocycles. The molecule has 23 heavy (non-hydrogen) atoms. The second-order valence-electron chi connectivity index (χ2n) is 4.87. The smallest absolute Gasteiger partial charge is 0.311 e. The monoisotopic (exact) mass is 319 g/mol. The zero-order valence-corrected chi connectivity index (χ0v) is 12.1. The predicted octanol–water partition coefficient (Wildman–Crippen LogP) is 3.33. The minimum Gasteiger partial charge on any atom is -0.482 e. The molecule has 0 aliphatic rings. The van der Waals surface area contributed by atoms with Gasteiger partial charge in [0.2, 0.25) is 0 Å². The van der Waals surface area contributed by atoms with Crippen molar-refractivity contribution in [1.29, 1.82) is 0 Å². The normalized spacial score (nSPS) is 10.3. The maximum absolute atomic E-state index is 13.1. The summed E-state index contributed by atoms with van der Waals surface area (Å²) in [5, 5.41) is 19.8. The van der Waals surface area contributed by atoms with Gasteiger partial charge in [0.05, 0.1) is 4.92 Å². The molecule has 0 bridgehead atoms. The van der Waals surface area contributed by atoms with E-state index < -0.39 is 16.7 Å². The molecule has 0 spiro atoms. The number of benzene rings is 2. The van der Waals surface area contributed by atoms with Crippen molar-refractivity contribution >= 4 is 11.7 Å². The first-order chi connectivity index (χ1) is 11.0. The molecular formula is C16H14FNO5. The fourth-order valence-corrected chi connectivity index (χ4v) is 2.02. The highest BCUT2D eigenvalue weighted by Gasteiger charge is 2.16. The number of nitro benzene ring substituents is 1. The number of carboxylic acids is 1. The second kappa shape index (κ2) is 7.35. The molecule has 0 saturated carbocycles. The van der Waals surface area contributed by atoms with Crippen LogP contribution in [0.25, 0.3) is 0 Å².